The van der Waals surface area contributed by atoms with Gasteiger partial charge in [-0.1, -0.05) is 30.3 Å². The number of Topliss-reactive ketones (excluding diaryl/α,β-unsaturated/α-hetero) is 1. The van der Waals surface area contributed by atoms with Crippen LogP contribution in [0.3, 0.4) is 0 Å². The van der Waals surface area contributed by atoms with Crippen molar-refractivity contribution in [2.75, 3.05) is 0 Å². The van der Waals surface area contributed by atoms with E-state index in [1.807, 2.05) is 30.3 Å². The van der Waals surface area contributed by atoms with Crippen LogP contribution < -0.4 is 0 Å². The van der Waals surface area contributed by atoms with Crippen LogP contribution in [-0.4, -0.2) is 15.8 Å². The lowest BCUT2D eigenvalue weighted by Crippen LogP contribution is -2.21. The Labute approximate surface area is 151 Å². The molecular weight excluding hydrogens is 327 g/mol. The fourth-order valence-electron chi connectivity index (χ4n) is 4.25. The minimum Gasteiger partial charge on any atom is -0.357 e. The van der Waals surface area contributed by atoms with Crippen LogP contribution in [-0.2, 0) is 12.8 Å². The molecule has 2 heterocycles. The van der Waals surface area contributed by atoms with Gasteiger partial charge < -0.3 is 4.98 Å². The van der Waals surface area contributed by atoms with Crippen molar-refractivity contribution in [2.45, 2.75) is 32.1 Å². The maximum Gasteiger partial charge on any atom is 0.165 e. The van der Waals surface area contributed by atoms with E-state index in [0.29, 0.717) is 18.4 Å². The fourth-order valence-corrected chi connectivity index (χ4v) is 4.25. The molecule has 0 radical (unpaired) electrons. The van der Waals surface area contributed by atoms with E-state index in [0.717, 1.165) is 47.3 Å². The molecule has 0 bridgehead atoms. The topological polar surface area (TPSA) is 45.8 Å². The zero-order chi connectivity index (χ0) is 17.7. The van der Waals surface area contributed by atoms with E-state index in [9.17, 15) is 9.18 Å². The second kappa shape index (κ2) is 5.63. The van der Waals surface area contributed by atoms with Crippen LogP contribution >= 0.6 is 0 Å². The van der Waals surface area contributed by atoms with Crippen LogP contribution in [0.1, 0.15) is 46.4 Å². The summed E-state index contributed by atoms with van der Waals surface area (Å²) in [7, 11) is 0. The third-order valence-electron chi connectivity index (χ3n) is 5.77. The quantitative estimate of drug-likeness (QED) is 0.746. The van der Waals surface area contributed by atoms with Crippen LogP contribution in [0.5, 0.6) is 0 Å². The number of rotatable bonds is 3. The van der Waals surface area contributed by atoms with Gasteiger partial charge in [-0.15, -0.1) is 0 Å². The van der Waals surface area contributed by atoms with E-state index in [1.165, 1.54) is 6.20 Å². The molecule has 3 nitrogen and oxygen atoms in total. The minimum atomic E-state index is -0.367. The van der Waals surface area contributed by atoms with Gasteiger partial charge in [0, 0.05) is 35.9 Å². The number of nitrogens with zero attached hydrogens (tertiary/aromatic N) is 1. The van der Waals surface area contributed by atoms with Crippen molar-refractivity contribution in [1.82, 2.24) is 9.97 Å². The lowest BCUT2D eigenvalue weighted by molar-refractivity contribution is 0.0940. The molecule has 1 aromatic carbocycles. The highest BCUT2D eigenvalue weighted by atomic mass is 19.1. The number of halogens is 1. The van der Waals surface area contributed by atoms with E-state index < -0.39 is 0 Å². The summed E-state index contributed by atoms with van der Waals surface area (Å²) in [5, 5.41) is 0. The molecule has 0 unspecified atom stereocenters. The smallest absolute Gasteiger partial charge is 0.165 e. The lowest BCUT2D eigenvalue weighted by Gasteiger charge is -2.21. The van der Waals surface area contributed by atoms with Crippen molar-refractivity contribution >= 4 is 5.78 Å². The number of H-pyrrole nitrogens is 1. The molecule has 1 fully saturated rings. The van der Waals surface area contributed by atoms with Gasteiger partial charge in [-0.3, -0.25) is 9.78 Å². The zero-order valence-electron chi connectivity index (χ0n) is 14.4. The molecule has 26 heavy (non-hydrogen) atoms. The van der Waals surface area contributed by atoms with Crippen molar-refractivity contribution in [3.8, 4) is 11.3 Å². The van der Waals surface area contributed by atoms with Crippen LogP contribution in [0.4, 0.5) is 4.39 Å². The second-order valence-electron chi connectivity index (χ2n) is 7.63. The van der Waals surface area contributed by atoms with Gasteiger partial charge in [-0.2, -0.15) is 0 Å². The largest absolute Gasteiger partial charge is 0.357 e. The number of fused-ring (bicyclic) bond motifs is 1. The summed E-state index contributed by atoms with van der Waals surface area (Å²) in [5.41, 5.74) is 5.17. The highest BCUT2D eigenvalue weighted by molar-refractivity contribution is 6.02. The van der Waals surface area contributed by atoms with Crippen molar-refractivity contribution < 1.29 is 9.18 Å². The first-order valence-electron chi connectivity index (χ1n) is 9.06. The normalized spacial score (nSPS) is 17.3. The molecule has 0 amide bonds. The van der Waals surface area contributed by atoms with Gasteiger partial charge in [0.25, 0.3) is 0 Å². The predicted octanol–water partition coefficient (Wildman–Crippen LogP) is 4.72. The Morgan fingerprint density at radius 2 is 1.92 bits per heavy atom. The Morgan fingerprint density at radius 3 is 2.65 bits per heavy atom. The van der Waals surface area contributed by atoms with Crippen LogP contribution in [0.2, 0.25) is 0 Å². The molecule has 2 aliphatic rings. The standard InChI is InChI=1S/C22H19FN2O/c23-17-13-24-9-6-15(17)21-16(10-14-4-2-1-3-5-14)20-18(25-21)11-22(7-8-22)12-19(20)26/h1-6,9,13,25H,7-8,10-12H2. The Morgan fingerprint density at radius 1 is 1.12 bits per heavy atom. The Bertz CT molecular complexity index is 1000. The molecule has 1 saturated carbocycles. The van der Waals surface area contributed by atoms with Crippen LogP contribution in [0, 0.1) is 11.2 Å². The second-order valence-corrected chi connectivity index (χ2v) is 7.63. The molecule has 0 aliphatic heterocycles. The van der Waals surface area contributed by atoms with Gasteiger partial charge in [-0.05, 0) is 41.9 Å². The number of aromatic nitrogens is 2. The molecule has 2 aliphatic carbocycles. The van der Waals surface area contributed by atoms with Crippen LogP contribution in [0.15, 0.2) is 48.8 Å². The van der Waals surface area contributed by atoms with E-state index in [2.05, 4.69) is 9.97 Å². The van der Waals surface area contributed by atoms with Gasteiger partial charge in [0.1, 0.15) is 0 Å². The number of aromatic amines is 1. The molecule has 5 rings (SSSR count). The van der Waals surface area contributed by atoms with Crippen molar-refractivity contribution in [3.05, 3.63) is 77.0 Å². The van der Waals surface area contributed by atoms with Gasteiger partial charge in [0.2, 0.25) is 0 Å². The summed E-state index contributed by atoms with van der Waals surface area (Å²) in [4.78, 5) is 20.2. The monoisotopic (exact) mass is 346 g/mol. The van der Waals surface area contributed by atoms with Crippen molar-refractivity contribution in [1.29, 1.82) is 0 Å². The average Bonchev–Trinajstić information content (AvgIpc) is 3.28. The highest BCUT2D eigenvalue weighted by Gasteiger charge is 2.49. The molecule has 3 aromatic rings. The minimum absolute atomic E-state index is 0.160. The number of pyridine rings is 1. The molecule has 4 heteroatoms. The van der Waals surface area contributed by atoms with Crippen molar-refractivity contribution in [2.24, 2.45) is 5.41 Å². The van der Waals surface area contributed by atoms with E-state index in [1.54, 1.807) is 12.3 Å². The van der Waals surface area contributed by atoms with E-state index >= 15 is 0 Å². The van der Waals surface area contributed by atoms with Gasteiger partial charge >= 0.3 is 0 Å². The maximum atomic E-state index is 14.5. The lowest BCUT2D eigenvalue weighted by atomic mass is 9.82. The van der Waals surface area contributed by atoms with Gasteiger partial charge in [0.05, 0.1) is 11.9 Å². The summed E-state index contributed by atoms with van der Waals surface area (Å²) < 4.78 is 14.5. The predicted molar refractivity (Wildman–Crippen MR) is 97.5 cm³/mol. The number of carbonyl (C=O) groups excluding carboxylic acids is 1. The summed E-state index contributed by atoms with van der Waals surface area (Å²) in [6.07, 6.45) is 7.18. The number of benzene rings is 1. The molecule has 1 N–H and O–H groups in total. The SMILES string of the molecule is O=C1CC2(CC2)Cc2[nH]c(-c3ccncc3F)c(Cc3ccccc3)c21. The number of nitrogens with one attached hydrogen (secondary N) is 1. The number of hydrogen-bond donors (Lipinski definition) is 1. The zero-order valence-corrected chi connectivity index (χ0v) is 14.4. The maximum absolute atomic E-state index is 14.5. The highest BCUT2D eigenvalue weighted by Crippen LogP contribution is 2.55. The Hall–Kier alpha value is -2.75. The Balaban J connectivity index is 1.69. The molecule has 2 aromatic heterocycles. The summed E-state index contributed by atoms with van der Waals surface area (Å²) in [6.45, 7) is 0. The summed E-state index contributed by atoms with van der Waals surface area (Å²) in [5.74, 6) is -0.166. The molecule has 1 spiro atoms. The number of ketones is 1. The number of carbonyl (C=O) groups is 1. The van der Waals surface area contributed by atoms with Gasteiger partial charge in [0.15, 0.2) is 11.6 Å². The average molecular weight is 346 g/mol. The first kappa shape index (κ1) is 15.5. The van der Waals surface area contributed by atoms with E-state index in [-0.39, 0.29) is 17.0 Å². The molecule has 0 saturated heterocycles. The molecule has 0 atom stereocenters. The summed E-state index contributed by atoms with van der Waals surface area (Å²) in [6, 6.07) is 11.7. The number of hydrogen-bond acceptors (Lipinski definition) is 2. The summed E-state index contributed by atoms with van der Waals surface area (Å²) >= 11 is 0. The third-order valence-corrected chi connectivity index (χ3v) is 5.77. The molecule has 130 valence electrons. The third kappa shape index (κ3) is 2.48. The van der Waals surface area contributed by atoms with E-state index in [4.69, 9.17) is 0 Å². The molecular formula is C22H19FN2O. The first-order valence-corrected chi connectivity index (χ1v) is 9.06. The van der Waals surface area contributed by atoms with Gasteiger partial charge in [-0.25, -0.2) is 4.39 Å². The van der Waals surface area contributed by atoms with Crippen LogP contribution in [0.25, 0.3) is 11.3 Å². The fraction of sp³-hybridized carbons (Fsp3) is 0.273. The van der Waals surface area contributed by atoms with Crippen molar-refractivity contribution in [3.63, 3.8) is 0 Å². The Kier molecular flexibility index (Phi) is 3.36. The first-order chi connectivity index (χ1) is 12.7.